The maximum absolute atomic E-state index is 13.1. The fourth-order valence-electron chi connectivity index (χ4n) is 5.07. The predicted octanol–water partition coefficient (Wildman–Crippen LogP) is 2.23. The Hall–Kier alpha value is -2.77. The molecule has 4 amide bonds. The van der Waals surface area contributed by atoms with E-state index in [1.165, 1.54) is 0 Å². The molecule has 0 radical (unpaired) electrons. The van der Waals surface area contributed by atoms with E-state index in [4.69, 9.17) is 4.74 Å². The van der Waals surface area contributed by atoms with E-state index in [0.29, 0.717) is 39.2 Å². The lowest BCUT2D eigenvalue weighted by atomic mass is 9.73. The van der Waals surface area contributed by atoms with Crippen LogP contribution in [0, 0.1) is 5.92 Å². The summed E-state index contributed by atoms with van der Waals surface area (Å²) in [5, 5.41) is 2.92. The zero-order valence-corrected chi connectivity index (χ0v) is 18.4. The molecule has 0 aromatic heterocycles. The molecule has 0 unspecified atom stereocenters. The van der Waals surface area contributed by atoms with Crippen LogP contribution in [-0.4, -0.2) is 72.5 Å². The zero-order chi connectivity index (χ0) is 22.0. The van der Waals surface area contributed by atoms with Crippen LogP contribution in [0.25, 0.3) is 0 Å². The standard InChI is InChI=1S/C23H32N4O4/c1-3-31-19-10-5-4-9-18(19)25-12-14-26(15-13-25)20(28)16-27-21(29)23(24-22(27)30)11-7-6-8-17(23)2/h4-5,9-10,17H,3,6-8,11-16H2,1-2H3,(H,24,30)/t17-,23+/m0/s1. The minimum Gasteiger partial charge on any atom is -0.492 e. The van der Waals surface area contributed by atoms with Gasteiger partial charge in [-0.15, -0.1) is 0 Å². The van der Waals surface area contributed by atoms with E-state index in [-0.39, 0.29) is 24.3 Å². The topological polar surface area (TPSA) is 82.2 Å². The average Bonchev–Trinajstić information content (AvgIpc) is 3.01. The molecule has 1 aromatic carbocycles. The second-order valence-electron chi connectivity index (χ2n) is 8.71. The van der Waals surface area contributed by atoms with E-state index in [9.17, 15) is 14.4 Å². The molecule has 2 saturated heterocycles. The third kappa shape index (κ3) is 3.95. The molecule has 3 fully saturated rings. The Labute approximate surface area is 183 Å². The second-order valence-corrected chi connectivity index (χ2v) is 8.71. The number of imide groups is 1. The lowest BCUT2D eigenvalue weighted by Gasteiger charge is -2.38. The van der Waals surface area contributed by atoms with Crippen molar-refractivity contribution in [3.05, 3.63) is 24.3 Å². The highest BCUT2D eigenvalue weighted by molar-refractivity contribution is 6.09. The molecule has 2 aliphatic heterocycles. The maximum atomic E-state index is 13.1. The van der Waals surface area contributed by atoms with Gasteiger partial charge in [0.05, 0.1) is 12.3 Å². The van der Waals surface area contributed by atoms with Gasteiger partial charge in [-0.3, -0.25) is 14.5 Å². The molecule has 31 heavy (non-hydrogen) atoms. The van der Waals surface area contributed by atoms with E-state index in [1.54, 1.807) is 4.90 Å². The molecule has 1 spiro atoms. The Bertz CT molecular complexity index is 852. The minimum atomic E-state index is -0.822. The van der Waals surface area contributed by atoms with Crippen LogP contribution in [0.1, 0.15) is 39.5 Å². The number of hydrogen-bond acceptors (Lipinski definition) is 5. The lowest BCUT2D eigenvalue weighted by Crippen LogP contribution is -2.55. The van der Waals surface area contributed by atoms with Crippen LogP contribution in [0.2, 0.25) is 0 Å². The number of ether oxygens (including phenoxy) is 1. The van der Waals surface area contributed by atoms with Crippen molar-refractivity contribution in [3.8, 4) is 5.75 Å². The predicted molar refractivity (Wildman–Crippen MR) is 117 cm³/mol. The molecule has 0 bridgehead atoms. The van der Waals surface area contributed by atoms with Crippen LogP contribution >= 0.6 is 0 Å². The van der Waals surface area contributed by atoms with Crippen molar-refractivity contribution < 1.29 is 19.1 Å². The number of nitrogens with one attached hydrogen (secondary N) is 1. The summed E-state index contributed by atoms with van der Waals surface area (Å²) in [5.74, 6) is 0.520. The van der Waals surface area contributed by atoms with E-state index in [0.717, 1.165) is 35.6 Å². The number of benzene rings is 1. The number of amides is 4. The van der Waals surface area contributed by atoms with Gasteiger partial charge in [-0.2, -0.15) is 0 Å². The quantitative estimate of drug-likeness (QED) is 0.728. The fraction of sp³-hybridized carbons (Fsp3) is 0.609. The highest BCUT2D eigenvalue weighted by Gasteiger charge is 2.55. The Morgan fingerprint density at radius 2 is 1.90 bits per heavy atom. The smallest absolute Gasteiger partial charge is 0.325 e. The molecular weight excluding hydrogens is 396 g/mol. The molecule has 1 aliphatic carbocycles. The van der Waals surface area contributed by atoms with Crippen molar-refractivity contribution in [1.82, 2.24) is 15.1 Å². The number of hydrogen-bond donors (Lipinski definition) is 1. The second kappa shape index (κ2) is 8.77. The number of para-hydroxylation sites is 2. The lowest BCUT2D eigenvalue weighted by molar-refractivity contribution is -0.140. The van der Waals surface area contributed by atoms with Crippen molar-refractivity contribution in [2.24, 2.45) is 5.92 Å². The number of carbonyl (C=O) groups is 3. The summed E-state index contributed by atoms with van der Waals surface area (Å²) in [4.78, 5) is 43.7. The molecule has 2 heterocycles. The molecule has 8 heteroatoms. The van der Waals surface area contributed by atoms with Gasteiger partial charge in [0.2, 0.25) is 5.91 Å². The summed E-state index contributed by atoms with van der Waals surface area (Å²) < 4.78 is 5.73. The van der Waals surface area contributed by atoms with Crippen LogP contribution in [-0.2, 0) is 9.59 Å². The molecule has 168 valence electrons. The molecule has 2 atom stereocenters. The Morgan fingerprint density at radius 1 is 1.16 bits per heavy atom. The largest absolute Gasteiger partial charge is 0.492 e. The fourth-order valence-corrected chi connectivity index (χ4v) is 5.07. The SMILES string of the molecule is CCOc1ccccc1N1CCN(C(=O)CN2C(=O)N[C@@]3(CCCC[C@@H]3C)C2=O)CC1. The van der Waals surface area contributed by atoms with Crippen molar-refractivity contribution in [2.45, 2.75) is 45.1 Å². The van der Waals surface area contributed by atoms with Gasteiger partial charge in [-0.1, -0.05) is 31.9 Å². The molecule has 3 aliphatic rings. The van der Waals surface area contributed by atoms with E-state index < -0.39 is 11.6 Å². The first-order chi connectivity index (χ1) is 15.0. The third-order valence-electron chi connectivity index (χ3n) is 6.93. The minimum absolute atomic E-state index is 0.0896. The van der Waals surface area contributed by atoms with Crippen LogP contribution in [0.3, 0.4) is 0 Å². The first kappa shape index (κ1) is 21.5. The van der Waals surface area contributed by atoms with Gasteiger partial charge >= 0.3 is 6.03 Å². The molecule has 1 saturated carbocycles. The van der Waals surface area contributed by atoms with Gasteiger partial charge in [0, 0.05) is 26.2 Å². The summed E-state index contributed by atoms with van der Waals surface area (Å²) in [6.07, 6.45) is 3.56. The van der Waals surface area contributed by atoms with E-state index in [2.05, 4.69) is 10.2 Å². The van der Waals surface area contributed by atoms with Gasteiger partial charge in [-0.25, -0.2) is 4.79 Å². The summed E-state index contributed by atoms with van der Waals surface area (Å²) in [6.45, 7) is 6.84. The molecule has 4 rings (SSSR count). The number of piperazine rings is 1. The van der Waals surface area contributed by atoms with Gasteiger partial charge in [0.15, 0.2) is 0 Å². The highest BCUT2D eigenvalue weighted by Crippen LogP contribution is 2.38. The third-order valence-corrected chi connectivity index (χ3v) is 6.93. The Balaban J connectivity index is 1.37. The number of carbonyl (C=O) groups excluding carboxylic acids is 3. The number of urea groups is 1. The van der Waals surface area contributed by atoms with Gasteiger partial charge in [0.1, 0.15) is 17.8 Å². The van der Waals surface area contributed by atoms with Crippen molar-refractivity contribution in [2.75, 3.05) is 44.2 Å². The first-order valence-corrected chi connectivity index (χ1v) is 11.3. The maximum Gasteiger partial charge on any atom is 0.325 e. The summed E-state index contributed by atoms with van der Waals surface area (Å²) in [6, 6.07) is 7.48. The number of nitrogens with zero attached hydrogens (tertiary/aromatic N) is 3. The highest BCUT2D eigenvalue weighted by atomic mass is 16.5. The molecule has 8 nitrogen and oxygen atoms in total. The van der Waals surface area contributed by atoms with Crippen LogP contribution in [0.4, 0.5) is 10.5 Å². The number of anilines is 1. The summed E-state index contributed by atoms with van der Waals surface area (Å²) in [5.41, 5.74) is 0.205. The molecular formula is C23H32N4O4. The van der Waals surface area contributed by atoms with Crippen LogP contribution in [0.15, 0.2) is 24.3 Å². The van der Waals surface area contributed by atoms with Crippen LogP contribution < -0.4 is 15.0 Å². The van der Waals surface area contributed by atoms with Crippen LogP contribution in [0.5, 0.6) is 5.75 Å². The van der Waals surface area contributed by atoms with E-state index >= 15 is 0 Å². The van der Waals surface area contributed by atoms with E-state index in [1.807, 2.05) is 38.1 Å². The van der Waals surface area contributed by atoms with Crippen molar-refractivity contribution in [1.29, 1.82) is 0 Å². The van der Waals surface area contributed by atoms with Crippen molar-refractivity contribution >= 4 is 23.5 Å². The van der Waals surface area contributed by atoms with Gasteiger partial charge in [0.25, 0.3) is 5.91 Å². The zero-order valence-electron chi connectivity index (χ0n) is 18.4. The Kier molecular flexibility index (Phi) is 6.07. The average molecular weight is 429 g/mol. The van der Waals surface area contributed by atoms with Crippen molar-refractivity contribution in [3.63, 3.8) is 0 Å². The summed E-state index contributed by atoms with van der Waals surface area (Å²) >= 11 is 0. The molecule has 1 N–H and O–H groups in total. The normalized spacial score (nSPS) is 26.4. The van der Waals surface area contributed by atoms with Gasteiger partial charge < -0.3 is 19.9 Å². The monoisotopic (exact) mass is 428 g/mol. The number of rotatable bonds is 5. The molecule has 1 aromatic rings. The first-order valence-electron chi connectivity index (χ1n) is 11.3. The Morgan fingerprint density at radius 3 is 2.61 bits per heavy atom. The summed E-state index contributed by atoms with van der Waals surface area (Å²) in [7, 11) is 0. The van der Waals surface area contributed by atoms with Gasteiger partial charge in [-0.05, 0) is 37.8 Å².